The fourth-order valence-corrected chi connectivity index (χ4v) is 1.90. The van der Waals surface area contributed by atoms with Crippen LogP contribution >= 0.6 is 0 Å². The first-order valence-corrected chi connectivity index (χ1v) is 5.22. The molecule has 0 radical (unpaired) electrons. The molecule has 6 heteroatoms. The van der Waals surface area contributed by atoms with Crippen molar-refractivity contribution in [3.05, 3.63) is 27.0 Å². The number of rotatable bonds is 4. The van der Waals surface area contributed by atoms with E-state index >= 15 is 0 Å². The van der Waals surface area contributed by atoms with E-state index in [4.69, 9.17) is 10.5 Å². The van der Waals surface area contributed by atoms with E-state index in [1.165, 1.54) is 7.11 Å². The summed E-state index contributed by atoms with van der Waals surface area (Å²) in [5.74, 6) is -1.29. The van der Waals surface area contributed by atoms with Crippen LogP contribution in [0.2, 0.25) is 0 Å². The first-order valence-electron chi connectivity index (χ1n) is 5.22. The molecule has 0 aliphatic carbocycles. The summed E-state index contributed by atoms with van der Waals surface area (Å²) in [6.45, 7) is 3.41. The van der Waals surface area contributed by atoms with Crippen molar-refractivity contribution < 1.29 is 14.6 Å². The zero-order chi connectivity index (χ0) is 13.2. The summed E-state index contributed by atoms with van der Waals surface area (Å²) in [5.41, 5.74) is 5.28. The normalized spacial score (nSPS) is 12.4. The molecule has 1 aromatic heterocycles. The average molecular weight is 240 g/mol. The minimum Gasteiger partial charge on any atom is -0.494 e. The van der Waals surface area contributed by atoms with Gasteiger partial charge in [-0.25, -0.2) is 0 Å². The van der Waals surface area contributed by atoms with Crippen LogP contribution in [0.1, 0.15) is 40.9 Å². The van der Waals surface area contributed by atoms with Gasteiger partial charge >= 0.3 is 0 Å². The Morgan fingerprint density at radius 1 is 1.59 bits per heavy atom. The number of aromatic hydroxyl groups is 1. The van der Waals surface area contributed by atoms with Gasteiger partial charge in [0.1, 0.15) is 5.56 Å². The molecule has 1 aromatic rings. The molecular formula is C11H16N2O4. The Labute approximate surface area is 98.4 Å². The zero-order valence-electron chi connectivity index (χ0n) is 10.0. The molecule has 0 aliphatic heterocycles. The highest BCUT2D eigenvalue weighted by Gasteiger charge is 2.22. The minimum atomic E-state index is -0.788. The second kappa shape index (κ2) is 5.01. The van der Waals surface area contributed by atoms with Crippen molar-refractivity contribution in [3.8, 4) is 5.88 Å². The average Bonchev–Trinajstić information content (AvgIpc) is 2.22. The molecule has 0 aliphatic rings. The molecule has 0 fully saturated rings. The van der Waals surface area contributed by atoms with E-state index in [9.17, 15) is 14.7 Å². The predicted molar refractivity (Wildman–Crippen MR) is 62.0 cm³/mol. The molecule has 17 heavy (non-hydrogen) atoms. The van der Waals surface area contributed by atoms with Gasteiger partial charge in [-0.15, -0.1) is 0 Å². The molecule has 94 valence electrons. The van der Waals surface area contributed by atoms with E-state index in [1.54, 1.807) is 6.92 Å². The van der Waals surface area contributed by atoms with Crippen molar-refractivity contribution in [2.45, 2.75) is 26.4 Å². The van der Waals surface area contributed by atoms with Crippen molar-refractivity contribution >= 4 is 5.91 Å². The highest BCUT2D eigenvalue weighted by molar-refractivity contribution is 5.96. The molecule has 0 aromatic carbocycles. The van der Waals surface area contributed by atoms with Gasteiger partial charge in [0.15, 0.2) is 0 Å². The van der Waals surface area contributed by atoms with Gasteiger partial charge in [-0.2, -0.15) is 0 Å². The second-order valence-electron chi connectivity index (χ2n) is 3.71. The number of nitrogens with one attached hydrogen (secondary N) is 1. The smallest absolute Gasteiger partial charge is 0.256 e. The molecule has 1 rings (SSSR count). The number of aromatic amines is 1. The van der Waals surface area contributed by atoms with Crippen LogP contribution in [0.3, 0.4) is 0 Å². The van der Waals surface area contributed by atoms with Crippen LogP contribution in [0.15, 0.2) is 4.79 Å². The first-order chi connectivity index (χ1) is 7.93. The maximum Gasteiger partial charge on any atom is 0.256 e. The third-order valence-corrected chi connectivity index (χ3v) is 2.72. The number of pyridine rings is 1. The summed E-state index contributed by atoms with van der Waals surface area (Å²) < 4.78 is 5.17. The largest absolute Gasteiger partial charge is 0.494 e. The van der Waals surface area contributed by atoms with Crippen LogP contribution in [0.4, 0.5) is 0 Å². The minimum absolute atomic E-state index is 0.0740. The molecule has 1 amide bonds. The molecule has 0 saturated heterocycles. The summed E-state index contributed by atoms with van der Waals surface area (Å²) in [4.78, 5) is 25.1. The fraction of sp³-hybridized carbons (Fsp3) is 0.455. The Morgan fingerprint density at radius 2 is 2.18 bits per heavy atom. The molecule has 4 N–H and O–H groups in total. The first kappa shape index (κ1) is 13.2. The molecule has 0 bridgehead atoms. The number of primary amides is 1. The third-order valence-electron chi connectivity index (χ3n) is 2.72. The van der Waals surface area contributed by atoms with E-state index in [0.717, 1.165) is 0 Å². The Hall–Kier alpha value is -1.82. The Kier molecular flexibility index (Phi) is 3.90. The van der Waals surface area contributed by atoms with Crippen LogP contribution < -0.4 is 11.3 Å². The maximum atomic E-state index is 11.7. The number of nitrogens with two attached hydrogens (primary N) is 1. The number of carbonyl (C=O) groups excluding carboxylic acids is 1. The third kappa shape index (κ3) is 2.31. The number of aromatic nitrogens is 1. The molecule has 6 nitrogen and oxygen atoms in total. The number of amides is 1. The van der Waals surface area contributed by atoms with Gasteiger partial charge in [0.05, 0.1) is 6.10 Å². The van der Waals surface area contributed by atoms with E-state index in [1.807, 2.05) is 6.92 Å². The summed E-state index contributed by atoms with van der Waals surface area (Å²) >= 11 is 0. The number of methoxy groups -OCH3 is 1. The van der Waals surface area contributed by atoms with Crippen LogP contribution in [-0.4, -0.2) is 23.1 Å². The van der Waals surface area contributed by atoms with Gasteiger partial charge in [0, 0.05) is 12.7 Å². The Morgan fingerprint density at radius 3 is 2.59 bits per heavy atom. The molecule has 0 spiro atoms. The Bertz CT molecular complexity index is 489. The van der Waals surface area contributed by atoms with Crippen LogP contribution in [-0.2, 0) is 4.74 Å². The van der Waals surface area contributed by atoms with E-state index < -0.39 is 23.5 Å². The fourth-order valence-electron chi connectivity index (χ4n) is 1.90. The standard InChI is InChI=1S/C11H16N2O4/c1-4-6(17-3)7-5(2)8(9(12)14)11(16)13-10(7)15/h6H,4H2,1-3H3,(H2,12,14)(H2,13,15,16). The van der Waals surface area contributed by atoms with E-state index in [-0.39, 0.29) is 5.56 Å². The van der Waals surface area contributed by atoms with Gasteiger partial charge in [0.2, 0.25) is 5.88 Å². The predicted octanol–water partition coefficient (Wildman–Crippen LogP) is 0.585. The van der Waals surface area contributed by atoms with Crippen molar-refractivity contribution in [1.29, 1.82) is 0 Å². The van der Waals surface area contributed by atoms with Crippen LogP contribution in [0, 0.1) is 6.92 Å². The SMILES string of the molecule is CCC(OC)c1c(C)c(C(N)=O)c(O)[nH]c1=O. The van der Waals surface area contributed by atoms with Crippen molar-refractivity contribution in [2.24, 2.45) is 5.73 Å². The lowest BCUT2D eigenvalue weighted by Crippen LogP contribution is -2.24. The topological polar surface area (TPSA) is 105 Å². The van der Waals surface area contributed by atoms with Crippen molar-refractivity contribution in [1.82, 2.24) is 4.98 Å². The number of hydrogen-bond donors (Lipinski definition) is 3. The molecular weight excluding hydrogens is 224 g/mol. The summed E-state index contributed by atoms with van der Waals surface area (Å²) in [5, 5.41) is 9.50. The van der Waals surface area contributed by atoms with Gasteiger partial charge in [-0.3, -0.25) is 14.6 Å². The van der Waals surface area contributed by atoms with Crippen molar-refractivity contribution in [3.63, 3.8) is 0 Å². The van der Waals surface area contributed by atoms with Gasteiger partial charge in [0.25, 0.3) is 11.5 Å². The lowest BCUT2D eigenvalue weighted by atomic mass is 9.99. The number of ether oxygens (including phenoxy) is 1. The Balaban J connectivity index is 3.56. The van der Waals surface area contributed by atoms with Crippen LogP contribution in [0.5, 0.6) is 5.88 Å². The van der Waals surface area contributed by atoms with Crippen molar-refractivity contribution in [2.75, 3.05) is 7.11 Å². The molecule has 0 saturated carbocycles. The quantitative estimate of drug-likeness (QED) is 0.716. The van der Waals surface area contributed by atoms with Gasteiger partial charge in [-0.05, 0) is 18.9 Å². The highest BCUT2D eigenvalue weighted by Crippen LogP contribution is 2.25. The van der Waals surface area contributed by atoms with Gasteiger partial charge < -0.3 is 15.6 Å². The maximum absolute atomic E-state index is 11.7. The molecule has 1 atom stereocenters. The monoisotopic (exact) mass is 240 g/mol. The van der Waals surface area contributed by atoms with Crippen LogP contribution in [0.25, 0.3) is 0 Å². The number of H-pyrrole nitrogens is 1. The number of carbonyl (C=O) groups is 1. The zero-order valence-corrected chi connectivity index (χ0v) is 10.0. The number of hydrogen-bond acceptors (Lipinski definition) is 4. The summed E-state index contributed by atoms with van der Waals surface area (Å²) in [6, 6.07) is 0. The lowest BCUT2D eigenvalue weighted by Gasteiger charge is -2.17. The van der Waals surface area contributed by atoms with E-state index in [2.05, 4.69) is 4.98 Å². The lowest BCUT2D eigenvalue weighted by molar-refractivity contribution is 0.0965. The molecule has 1 unspecified atom stereocenters. The molecule has 1 heterocycles. The van der Waals surface area contributed by atoms with E-state index in [0.29, 0.717) is 17.5 Å². The second-order valence-corrected chi connectivity index (χ2v) is 3.71. The summed E-state index contributed by atoms with van der Waals surface area (Å²) in [6.07, 6.45) is 0.140. The van der Waals surface area contributed by atoms with Gasteiger partial charge in [-0.1, -0.05) is 6.92 Å². The summed E-state index contributed by atoms with van der Waals surface area (Å²) in [7, 11) is 1.48. The highest BCUT2D eigenvalue weighted by atomic mass is 16.5.